The number of hydrogen-bond donors (Lipinski definition) is 0. The number of allylic oxidation sites excluding steroid dienone is 1. The molecule has 2 nitrogen and oxygen atoms in total. The average molecular weight is 330 g/mol. The maximum atomic E-state index is 14.4. The van der Waals surface area contributed by atoms with Crippen molar-refractivity contribution >= 4 is 5.83 Å². The van der Waals surface area contributed by atoms with E-state index in [0.717, 1.165) is 31.4 Å². The topological polar surface area (TPSA) is 18.5 Å². The van der Waals surface area contributed by atoms with Gasteiger partial charge in [0.2, 0.25) is 0 Å². The molecule has 1 aliphatic carbocycles. The average Bonchev–Trinajstić information content (AvgIpc) is 2.86. The molecule has 0 amide bonds. The Morgan fingerprint density at radius 3 is 2.39 bits per heavy atom. The van der Waals surface area contributed by atoms with E-state index in [9.17, 15) is 17.6 Å². The first-order valence-corrected chi connectivity index (χ1v) is 7.85. The summed E-state index contributed by atoms with van der Waals surface area (Å²) in [6.07, 6.45) is 0.278. The second-order valence-corrected chi connectivity index (χ2v) is 6.12. The van der Waals surface area contributed by atoms with Gasteiger partial charge in [0, 0.05) is 11.5 Å². The van der Waals surface area contributed by atoms with Crippen LogP contribution < -0.4 is 9.47 Å². The molecule has 0 N–H and O–H groups in total. The summed E-state index contributed by atoms with van der Waals surface area (Å²) in [4.78, 5) is 0. The molecule has 1 fully saturated rings. The van der Waals surface area contributed by atoms with Crippen LogP contribution in [0, 0.1) is 11.8 Å². The highest BCUT2D eigenvalue weighted by molar-refractivity contribution is 5.65. The van der Waals surface area contributed by atoms with E-state index >= 15 is 0 Å². The van der Waals surface area contributed by atoms with Gasteiger partial charge in [0.25, 0.3) is 0 Å². The molecular weight excluding hydrogens is 312 g/mol. The minimum Gasteiger partial charge on any atom is -0.395 e. The zero-order chi connectivity index (χ0) is 16.6. The second kappa shape index (κ2) is 6.06. The number of rotatable bonds is 3. The highest BCUT2D eigenvalue weighted by atomic mass is 19.3. The molecule has 0 bridgehead atoms. The molecule has 0 radical (unpaired) electrons. The van der Waals surface area contributed by atoms with Crippen LogP contribution in [0.1, 0.15) is 44.6 Å². The minimum absolute atomic E-state index is 0.111. The van der Waals surface area contributed by atoms with E-state index in [4.69, 9.17) is 0 Å². The summed E-state index contributed by atoms with van der Waals surface area (Å²) in [5.74, 6) is -2.14. The van der Waals surface area contributed by atoms with Crippen molar-refractivity contribution in [3.63, 3.8) is 0 Å². The van der Waals surface area contributed by atoms with Crippen molar-refractivity contribution in [1.29, 1.82) is 0 Å². The van der Waals surface area contributed by atoms with Gasteiger partial charge in [0.1, 0.15) is 5.83 Å². The Hall–Kier alpha value is -1.72. The third kappa shape index (κ3) is 3.31. The molecule has 3 rings (SSSR count). The van der Waals surface area contributed by atoms with Gasteiger partial charge in [-0.25, -0.2) is 8.78 Å². The first-order chi connectivity index (χ1) is 10.9. The normalized spacial score (nSPS) is 26.8. The van der Waals surface area contributed by atoms with Crippen LogP contribution in [0.2, 0.25) is 0 Å². The Bertz CT molecular complexity index is 619. The van der Waals surface area contributed by atoms with Gasteiger partial charge in [-0.15, -0.1) is 8.78 Å². The standard InChI is InChI=1S/C17H18F4O2/c1-2-10-3-5-11(6-4-10)15(18)16(19)12-7-8-13-14(9-12)23-17(20,21)22-13/h7-11H,2-6H2,1H3/b16-15+. The lowest BCUT2D eigenvalue weighted by Crippen LogP contribution is -2.25. The van der Waals surface area contributed by atoms with Gasteiger partial charge in [0.05, 0.1) is 0 Å². The van der Waals surface area contributed by atoms with E-state index < -0.39 is 23.9 Å². The van der Waals surface area contributed by atoms with Crippen molar-refractivity contribution in [1.82, 2.24) is 0 Å². The molecule has 1 aromatic rings. The van der Waals surface area contributed by atoms with Crippen LogP contribution in [0.4, 0.5) is 17.6 Å². The lowest BCUT2D eigenvalue weighted by atomic mass is 9.80. The molecule has 126 valence electrons. The first kappa shape index (κ1) is 16.1. The largest absolute Gasteiger partial charge is 0.586 e. The van der Waals surface area contributed by atoms with E-state index in [1.54, 1.807) is 0 Å². The van der Waals surface area contributed by atoms with Crippen LogP contribution in [-0.4, -0.2) is 6.29 Å². The van der Waals surface area contributed by atoms with Crippen LogP contribution in [0.3, 0.4) is 0 Å². The van der Waals surface area contributed by atoms with Crippen molar-refractivity contribution in [2.75, 3.05) is 0 Å². The summed E-state index contributed by atoms with van der Waals surface area (Å²) in [6.45, 7) is 2.10. The van der Waals surface area contributed by atoms with Gasteiger partial charge in [0.15, 0.2) is 17.3 Å². The number of halogens is 4. The van der Waals surface area contributed by atoms with Gasteiger partial charge in [-0.1, -0.05) is 13.3 Å². The van der Waals surface area contributed by atoms with Crippen molar-refractivity contribution < 1.29 is 27.0 Å². The number of benzene rings is 1. The highest BCUT2D eigenvalue weighted by Crippen LogP contribution is 2.44. The monoisotopic (exact) mass is 330 g/mol. The molecule has 1 aliphatic heterocycles. The Kier molecular flexibility index (Phi) is 4.25. The second-order valence-electron chi connectivity index (χ2n) is 6.12. The number of ether oxygens (including phenoxy) is 2. The molecule has 0 atom stereocenters. The fourth-order valence-corrected chi connectivity index (χ4v) is 3.23. The number of hydrogen-bond acceptors (Lipinski definition) is 2. The van der Waals surface area contributed by atoms with Gasteiger partial charge < -0.3 is 9.47 Å². The first-order valence-electron chi connectivity index (χ1n) is 7.85. The maximum Gasteiger partial charge on any atom is 0.586 e. The molecule has 0 unspecified atom stereocenters. The fraction of sp³-hybridized carbons (Fsp3) is 0.529. The Morgan fingerprint density at radius 1 is 1.09 bits per heavy atom. The van der Waals surface area contributed by atoms with Gasteiger partial charge in [-0.05, 0) is 49.8 Å². The third-order valence-electron chi connectivity index (χ3n) is 4.65. The highest BCUT2D eigenvalue weighted by Gasteiger charge is 2.43. The van der Waals surface area contributed by atoms with Crippen molar-refractivity contribution in [2.45, 2.75) is 45.3 Å². The number of fused-ring (bicyclic) bond motifs is 1. The molecule has 1 heterocycles. The Balaban J connectivity index is 1.79. The van der Waals surface area contributed by atoms with Crippen LogP contribution in [0.15, 0.2) is 24.0 Å². The third-order valence-corrected chi connectivity index (χ3v) is 4.65. The zero-order valence-corrected chi connectivity index (χ0v) is 12.8. The Labute approximate surface area is 132 Å². The van der Waals surface area contributed by atoms with Gasteiger partial charge in [-0.3, -0.25) is 0 Å². The van der Waals surface area contributed by atoms with Crippen LogP contribution >= 0.6 is 0 Å². The van der Waals surface area contributed by atoms with E-state index in [1.165, 1.54) is 6.07 Å². The minimum atomic E-state index is -3.77. The van der Waals surface area contributed by atoms with E-state index in [1.807, 2.05) is 0 Å². The Morgan fingerprint density at radius 2 is 1.74 bits per heavy atom. The lowest BCUT2D eigenvalue weighted by Gasteiger charge is -2.26. The summed E-state index contributed by atoms with van der Waals surface area (Å²) < 4.78 is 63.2. The van der Waals surface area contributed by atoms with Crippen molar-refractivity contribution in [3.05, 3.63) is 29.6 Å². The summed E-state index contributed by atoms with van der Waals surface area (Å²) >= 11 is 0. The molecular formula is C17H18F4O2. The molecule has 6 heteroatoms. The summed E-state index contributed by atoms with van der Waals surface area (Å²) in [5, 5.41) is 0. The number of alkyl halides is 2. The zero-order valence-electron chi connectivity index (χ0n) is 12.8. The fourth-order valence-electron chi connectivity index (χ4n) is 3.23. The van der Waals surface area contributed by atoms with E-state index in [-0.39, 0.29) is 17.1 Å². The lowest BCUT2D eigenvalue weighted by molar-refractivity contribution is -0.286. The molecule has 2 aliphatic rings. The summed E-state index contributed by atoms with van der Waals surface area (Å²) in [6, 6.07) is 3.42. The predicted octanol–water partition coefficient (Wildman–Crippen LogP) is 5.83. The van der Waals surface area contributed by atoms with Crippen molar-refractivity contribution in [2.24, 2.45) is 11.8 Å². The van der Waals surface area contributed by atoms with Crippen LogP contribution in [0.25, 0.3) is 5.83 Å². The summed E-state index contributed by atoms with van der Waals surface area (Å²) in [5.41, 5.74) is -0.111. The van der Waals surface area contributed by atoms with Gasteiger partial charge >= 0.3 is 6.29 Å². The van der Waals surface area contributed by atoms with Crippen LogP contribution in [0.5, 0.6) is 11.5 Å². The molecule has 0 saturated heterocycles. The quantitative estimate of drug-likeness (QED) is 0.649. The molecule has 0 aromatic heterocycles. The van der Waals surface area contributed by atoms with E-state index in [0.29, 0.717) is 18.8 Å². The SMILES string of the molecule is CCC1CCC(/C(F)=C(\F)c2ccc3c(c2)OC(F)(F)O3)CC1. The predicted molar refractivity (Wildman–Crippen MR) is 77.5 cm³/mol. The van der Waals surface area contributed by atoms with E-state index in [2.05, 4.69) is 16.4 Å². The molecule has 1 saturated carbocycles. The van der Waals surface area contributed by atoms with Crippen molar-refractivity contribution in [3.8, 4) is 11.5 Å². The molecule has 0 spiro atoms. The molecule has 23 heavy (non-hydrogen) atoms. The maximum absolute atomic E-state index is 14.4. The smallest absolute Gasteiger partial charge is 0.395 e. The summed E-state index contributed by atoms with van der Waals surface area (Å²) in [7, 11) is 0. The van der Waals surface area contributed by atoms with Crippen LogP contribution in [-0.2, 0) is 0 Å². The molecule has 1 aromatic carbocycles. The van der Waals surface area contributed by atoms with Gasteiger partial charge in [-0.2, -0.15) is 0 Å².